The summed E-state index contributed by atoms with van der Waals surface area (Å²) in [6.45, 7) is 6.22. The fourth-order valence-electron chi connectivity index (χ4n) is 1.79. The maximum absolute atomic E-state index is 5.89. The molecule has 0 spiro atoms. The van der Waals surface area contributed by atoms with Crippen LogP contribution >= 0.6 is 11.8 Å². The molecule has 0 aliphatic rings. The van der Waals surface area contributed by atoms with Crippen molar-refractivity contribution < 1.29 is 0 Å². The fourth-order valence-corrected chi connectivity index (χ4v) is 2.68. The van der Waals surface area contributed by atoms with Gasteiger partial charge in [-0.1, -0.05) is 29.5 Å². The second kappa shape index (κ2) is 5.55. The first kappa shape index (κ1) is 13.1. The van der Waals surface area contributed by atoms with E-state index in [9.17, 15) is 0 Å². The Balaban J connectivity index is 2.25. The summed E-state index contributed by atoms with van der Waals surface area (Å²) in [6.07, 6.45) is 1.82. The molecule has 0 aliphatic heterocycles. The van der Waals surface area contributed by atoms with Crippen LogP contribution < -0.4 is 5.73 Å². The molecule has 1 atom stereocenters. The molecule has 2 rings (SSSR count). The summed E-state index contributed by atoms with van der Waals surface area (Å²) in [7, 11) is 0. The SMILES string of the molecule is Cc1ccc(Sc2cc([C@@H](C)N)ccn2)c(C)c1. The second-order valence-corrected chi connectivity index (χ2v) is 5.65. The molecule has 0 bridgehead atoms. The van der Waals surface area contributed by atoms with Gasteiger partial charge in [0.1, 0.15) is 5.03 Å². The number of benzene rings is 1. The number of hydrogen-bond acceptors (Lipinski definition) is 3. The maximum Gasteiger partial charge on any atom is 0.101 e. The molecule has 18 heavy (non-hydrogen) atoms. The van der Waals surface area contributed by atoms with Gasteiger partial charge in [-0.2, -0.15) is 0 Å². The first-order valence-corrected chi connectivity index (χ1v) is 6.84. The van der Waals surface area contributed by atoms with Crippen molar-refractivity contribution >= 4 is 11.8 Å². The third-order valence-electron chi connectivity index (χ3n) is 2.83. The molecule has 0 saturated carbocycles. The van der Waals surface area contributed by atoms with E-state index in [4.69, 9.17) is 5.73 Å². The summed E-state index contributed by atoms with van der Waals surface area (Å²) in [5, 5.41) is 0.997. The molecule has 0 fully saturated rings. The van der Waals surface area contributed by atoms with Gasteiger partial charge in [-0.15, -0.1) is 0 Å². The summed E-state index contributed by atoms with van der Waals surface area (Å²) < 4.78 is 0. The van der Waals surface area contributed by atoms with Crippen LogP contribution in [0.15, 0.2) is 46.5 Å². The van der Waals surface area contributed by atoms with Crippen molar-refractivity contribution in [1.82, 2.24) is 4.98 Å². The Morgan fingerprint density at radius 1 is 1.17 bits per heavy atom. The lowest BCUT2D eigenvalue weighted by atomic mass is 10.1. The summed E-state index contributed by atoms with van der Waals surface area (Å²) in [5.41, 5.74) is 9.58. The van der Waals surface area contributed by atoms with Gasteiger partial charge in [-0.05, 0) is 50.1 Å². The van der Waals surface area contributed by atoms with Crippen LogP contribution in [0.1, 0.15) is 29.7 Å². The first-order chi connectivity index (χ1) is 8.56. The minimum atomic E-state index is 0.0477. The van der Waals surface area contributed by atoms with E-state index in [-0.39, 0.29) is 6.04 Å². The third-order valence-corrected chi connectivity index (χ3v) is 3.94. The molecule has 1 aromatic carbocycles. The quantitative estimate of drug-likeness (QED) is 0.908. The number of aromatic nitrogens is 1. The van der Waals surface area contributed by atoms with Crippen LogP contribution in [0.25, 0.3) is 0 Å². The fraction of sp³-hybridized carbons (Fsp3) is 0.267. The number of pyridine rings is 1. The summed E-state index contributed by atoms with van der Waals surface area (Å²) in [4.78, 5) is 5.63. The molecule has 94 valence electrons. The molecule has 2 aromatic rings. The zero-order valence-corrected chi connectivity index (χ0v) is 11.8. The van der Waals surface area contributed by atoms with Crippen LogP contribution in [0, 0.1) is 13.8 Å². The first-order valence-electron chi connectivity index (χ1n) is 6.03. The summed E-state index contributed by atoms with van der Waals surface area (Å²) in [5.74, 6) is 0. The highest BCUT2D eigenvalue weighted by Crippen LogP contribution is 2.30. The topological polar surface area (TPSA) is 38.9 Å². The lowest BCUT2D eigenvalue weighted by Crippen LogP contribution is -2.04. The minimum absolute atomic E-state index is 0.0477. The molecule has 3 heteroatoms. The number of hydrogen-bond donors (Lipinski definition) is 1. The maximum atomic E-state index is 5.89. The van der Waals surface area contributed by atoms with Gasteiger partial charge in [0.05, 0.1) is 0 Å². The van der Waals surface area contributed by atoms with E-state index in [0.29, 0.717) is 0 Å². The molecule has 0 saturated heterocycles. The van der Waals surface area contributed by atoms with Crippen molar-refractivity contribution in [2.75, 3.05) is 0 Å². The molecule has 0 amide bonds. The van der Waals surface area contributed by atoms with Gasteiger partial charge in [0.25, 0.3) is 0 Å². The van der Waals surface area contributed by atoms with E-state index >= 15 is 0 Å². The second-order valence-electron chi connectivity index (χ2n) is 4.59. The number of rotatable bonds is 3. The predicted molar refractivity (Wildman–Crippen MR) is 76.9 cm³/mol. The number of nitrogens with two attached hydrogens (primary N) is 1. The van der Waals surface area contributed by atoms with Gasteiger partial charge >= 0.3 is 0 Å². The van der Waals surface area contributed by atoms with Gasteiger partial charge < -0.3 is 5.73 Å². The van der Waals surface area contributed by atoms with E-state index in [1.807, 2.05) is 19.2 Å². The Hall–Kier alpha value is -1.32. The molecular formula is C15H18N2S. The van der Waals surface area contributed by atoms with Crippen LogP contribution in [0.4, 0.5) is 0 Å². The van der Waals surface area contributed by atoms with E-state index in [0.717, 1.165) is 10.6 Å². The molecule has 0 unspecified atom stereocenters. The number of nitrogens with zero attached hydrogens (tertiary/aromatic N) is 1. The van der Waals surface area contributed by atoms with E-state index in [1.165, 1.54) is 16.0 Å². The van der Waals surface area contributed by atoms with E-state index < -0.39 is 0 Å². The Bertz CT molecular complexity index is 550. The van der Waals surface area contributed by atoms with Crippen LogP contribution in [0.3, 0.4) is 0 Å². The lowest BCUT2D eigenvalue weighted by molar-refractivity contribution is 0.808. The van der Waals surface area contributed by atoms with Gasteiger partial charge in [-0.3, -0.25) is 0 Å². The molecule has 2 N–H and O–H groups in total. The van der Waals surface area contributed by atoms with Crippen molar-refractivity contribution in [2.45, 2.75) is 36.7 Å². The third kappa shape index (κ3) is 3.12. The highest BCUT2D eigenvalue weighted by atomic mass is 32.2. The molecule has 0 radical (unpaired) electrons. The monoisotopic (exact) mass is 258 g/mol. The van der Waals surface area contributed by atoms with E-state index in [2.05, 4.69) is 43.1 Å². The van der Waals surface area contributed by atoms with Gasteiger partial charge in [-0.25, -0.2) is 4.98 Å². The van der Waals surface area contributed by atoms with Crippen molar-refractivity contribution in [1.29, 1.82) is 0 Å². The average molecular weight is 258 g/mol. The van der Waals surface area contributed by atoms with Crippen molar-refractivity contribution in [3.63, 3.8) is 0 Å². The summed E-state index contributed by atoms with van der Waals surface area (Å²) in [6, 6.07) is 10.6. The smallest absolute Gasteiger partial charge is 0.101 e. The Labute approximate surface area is 113 Å². The molecule has 1 aromatic heterocycles. The van der Waals surface area contributed by atoms with Gasteiger partial charge in [0, 0.05) is 17.1 Å². The number of aryl methyl sites for hydroxylation is 2. The zero-order valence-electron chi connectivity index (χ0n) is 11.0. The molecule has 2 nitrogen and oxygen atoms in total. The standard InChI is InChI=1S/C15H18N2S/c1-10-4-5-14(11(2)8-10)18-15-9-13(12(3)16)6-7-17-15/h4-9,12H,16H2,1-3H3/t12-/m1/s1. The molecule has 0 aliphatic carbocycles. The predicted octanol–water partition coefficient (Wildman–Crippen LogP) is 3.87. The zero-order chi connectivity index (χ0) is 13.1. The van der Waals surface area contributed by atoms with Crippen LogP contribution in [-0.4, -0.2) is 4.98 Å². The highest BCUT2D eigenvalue weighted by Gasteiger charge is 2.05. The van der Waals surface area contributed by atoms with Gasteiger partial charge in [0.2, 0.25) is 0 Å². The van der Waals surface area contributed by atoms with Crippen molar-refractivity contribution in [3.8, 4) is 0 Å². The average Bonchev–Trinajstić information content (AvgIpc) is 2.33. The normalized spacial score (nSPS) is 12.4. The highest BCUT2D eigenvalue weighted by molar-refractivity contribution is 7.99. The Morgan fingerprint density at radius 3 is 2.61 bits per heavy atom. The van der Waals surface area contributed by atoms with Crippen molar-refractivity contribution in [2.24, 2.45) is 5.73 Å². The van der Waals surface area contributed by atoms with Crippen LogP contribution in [-0.2, 0) is 0 Å². The van der Waals surface area contributed by atoms with Crippen LogP contribution in [0.5, 0.6) is 0 Å². The van der Waals surface area contributed by atoms with Crippen molar-refractivity contribution in [3.05, 3.63) is 53.2 Å². The van der Waals surface area contributed by atoms with Crippen LogP contribution in [0.2, 0.25) is 0 Å². The Morgan fingerprint density at radius 2 is 1.94 bits per heavy atom. The van der Waals surface area contributed by atoms with Gasteiger partial charge in [0.15, 0.2) is 0 Å². The largest absolute Gasteiger partial charge is 0.324 e. The van der Waals surface area contributed by atoms with E-state index in [1.54, 1.807) is 11.8 Å². The molecule has 1 heterocycles. The lowest BCUT2D eigenvalue weighted by Gasteiger charge is -2.09. The molecular weight excluding hydrogens is 240 g/mol. The summed E-state index contributed by atoms with van der Waals surface area (Å²) >= 11 is 1.69. The Kier molecular flexibility index (Phi) is 4.04. The minimum Gasteiger partial charge on any atom is -0.324 e.